The minimum absolute atomic E-state index is 0.0716. The zero-order valence-electron chi connectivity index (χ0n) is 20.9. The maximum absolute atomic E-state index is 13.8. The molecule has 6 aromatic heterocycles. The standard InChI is InChI=1S/C27H18ClN7O5S/c28-24-4-1-18(41-24)13-30-25-11-21(32-35(25)26(37)17-12-31-40-15-17)22-3-2-19(16-5-8-29-9-6-16)27(38)34(22)14-23(36)20-7-10-39-33-20/h1-12,15,30H,13-14H2. The van der Waals surface area contributed by atoms with Crippen molar-refractivity contribution in [3.05, 3.63) is 110 Å². The summed E-state index contributed by atoms with van der Waals surface area (Å²) in [5.41, 5.74) is 1.38. The third kappa shape index (κ3) is 5.35. The lowest BCUT2D eigenvalue weighted by molar-refractivity contribution is 0.0943. The van der Waals surface area contributed by atoms with Crippen molar-refractivity contribution in [1.29, 1.82) is 0 Å². The van der Waals surface area contributed by atoms with Crippen LogP contribution in [0.3, 0.4) is 0 Å². The smallest absolute Gasteiger partial charge is 0.285 e. The maximum atomic E-state index is 13.8. The SMILES string of the molecule is O=C(Cn1c(-c2cc(NCc3ccc(Cl)s3)n(C(=O)c3cnoc3)n2)ccc(-c2ccncc2)c1=O)c1ccon1. The molecular formula is C27H18ClN7O5S. The second kappa shape index (κ2) is 11.2. The van der Waals surface area contributed by atoms with Crippen LogP contribution in [0.1, 0.15) is 25.7 Å². The summed E-state index contributed by atoms with van der Waals surface area (Å²) in [5, 5.41) is 15.0. The second-order valence-corrected chi connectivity index (χ2v) is 10.5. The summed E-state index contributed by atoms with van der Waals surface area (Å²) in [6.07, 6.45) is 6.92. The predicted octanol–water partition coefficient (Wildman–Crippen LogP) is 4.65. The van der Waals surface area contributed by atoms with Gasteiger partial charge in [0, 0.05) is 35.0 Å². The summed E-state index contributed by atoms with van der Waals surface area (Å²) in [6.45, 7) is 0.0143. The van der Waals surface area contributed by atoms with Gasteiger partial charge in [-0.25, -0.2) is 0 Å². The summed E-state index contributed by atoms with van der Waals surface area (Å²) < 4.78 is 12.7. The fourth-order valence-electron chi connectivity index (χ4n) is 4.14. The fourth-order valence-corrected chi connectivity index (χ4v) is 5.16. The van der Waals surface area contributed by atoms with Crippen molar-refractivity contribution in [3.63, 3.8) is 0 Å². The number of hydrogen-bond acceptors (Lipinski definition) is 11. The van der Waals surface area contributed by atoms with E-state index in [1.165, 1.54) is 40.7 Å². The van der Waals surface area contributed by atoms with E-state index in [0.717, 1.165) is 9.56 Å². The Morgan fingerprint density at radius 3 is 2.61 bits per heavy atom. The van der Waals surface area contributed by atoms with E-state index >= 15 is 0 Å². The van der Waals surface area contributed by atoms with Crippen LogP contribution in [-0.2, 0) is 13.1 Å². The van der Waals surface area contributed by atoms with Crippen molar-refractivity contribution in [2.24, 2.45) is 0 Å². The van der Waals surface area contributed by atoms with Crippen LogP contribution in [-0.4, -0.2) is 41.3 Å². The van der Waals surface area contributed by atoms with Gasteiger partial charge >= 0.3 is 0 Å². The van der Waals surface area contributed by atoms with E-state index in [1.54, 1.807) is 48.8 Å². The van der Waals surface area contributed by atoms with Crippen LogP contribution in [0.25, 0.3) is 22.5 Å². The molecule has 0 aliphatic heterocycles. The molecule has 0 amide bonds. The van der Waals surface area contributed by atoms with Gasteiger partial charge in [0.15, 0.2) is 5.69 Å². The summed E-state index contributed by atoms with van der Waals surface area (Å²) in [6, 6.07) is 13.4. The number of Topliss-reactive ketones (excluding diaryl/α,β-unsaturated/α-hetero) is 1. The van der Waals surface area contributed by atoms with E-state index in [4.69, 9.17) is 20.6 Å². The van der Waals surface area contributed by atoms with Gasteiger partial charge in [0.1, 0.15) is 29.6 Å². The first-order valence-corrected chi connectivity index (χ1v) is 13.3. The molecule has 0 unspecified atom stereocenters. The first kappa shape index (κ1) is 26.1. The van der Waals surface area contributed by atoms with Crippen LogP contribution in [0.2, 0.25) is 4.34 Å². The van der Waals surface area contributed by atoms with Crippen LogP contribution in [0, 0.1) is 0 Å². The van der Waals surface area contributed by atoms with Crippen LogP contribution in [0.4, 0.5) is 5.82 Å². The molecule has 6 heterocycles. The Kier molecular flexibility index (Phi) is 7.10. The van der Waals surface area contributed by atoms with E-state index in [9.17, 15) is 14.4 Å². The number of aromatic nitrogens is 6. The van der Waals surface area contributed by atoms with Gasteiger partial charge in [0.25, 0.3) is 11.5 Å². The van der Waals surface area contributed by atoms with Gasteiger partial charge in [0.2, 0.25) is 5.78 Å². The Bertz CT molecular complexity index is 1890. The first-order valence-electron chi connectivity index (χ1n) is 12.1. The molecule has 0 aliphatic carbocycles. The van der Waals surface area contributed by atoms with Gasteiger partial charge < -0.3 is 14.4 Å². The Morgan fingerprint density at radius 2 is 1.90 bits per heavy atom. The van der Waals surface area contributed by atoms with Crippen molar-refractivity contribution in [2.75, 3.05) is 5.32 Å². The quantitative estimate of drug-likeness (QED) is 0.237. The van der Waals surface area contributed by atoms with E-state index in [0.29, 0.717) is 33.5 Å². The van der Waals surface area contributed by atoms with E-state index in [-0.39, 0.29) is 23.5 Å². The zero-order valence-corrected chi connectivity index (χ0v) is 22.5. The summed E-state index contributed by atoms with van der Waals surface area (Å²) >= 11 is 7.47. The van der Waals surface area contributed by atoms with Crippen molar-refractivity contribution in [2.45, 2.75) is 13.1 Å². The molecule has 41 heavy (non-hydrogen) atoms. The lowest BCUT2D eigenvalue weighted by Gasteiger charge is -2.12. The van der Waals surface area contributed by atoms with Gasteiger partial charge in [-0.15, -0.1) is 11.3 Å². The summed E-state index contributed by atoms with van der Waals surface area (Å²) in [5.74, 6) is -0.608. The molecule has 0 saturated heterocycles. The molecule has 0 aliphatic rings. The van der Waals surface area contributed by atoms with Gasteiger partial charge in [-0.1, -0.05) is 21.9 Å². The average Bonchev–Trinajstić information content (AvgIpc) is 3.81. The average molecular weight is 588 g/mol. The number of halogens is 1. The number of thiophene rings is 1. The van der Waals surface area contributed by atoms with E-state index in [2.05, 4.69) is 25.7 Å². The van der Waals surface area contributed by atoms with E-state index < -0.39 is 17.2 Å². The third-order valence-corrected chi connectivity index (χ3v) is 7.34. The predicted molar refractivity (Wildman–Crippen MR) is 149 cm³/mol. The minimum Gasteiger partial charge on any atom is -0.365 e. The highest BCUT2D eigenvalue weighted by Gasteiger charge is 2.23. The number of carbonyl (C=O) groups excluding carboxylic acids is 2. The number of anilines is 1. The highest BCUT2D eigenvalue weighted by atomic mass is 35.5. The number of carbonyl (C=O) groups is 2. The zero-order chi connectivity index (χ0) is 28.3. The number of nitrogens with one attached hydrogen (secondary N) is 1. The maximum Gasteiger partial charge on any atom is 0.285 e. The van der Waals surface area contributed by atoms with Gasteiger partial charge in [-0.2, -0.15) is 9.78 Å². The van der Waals surface area contributed by atoms with Crippen molar-refractivity contribution < 1.29 is 18.6 Å². The summed E-state index contributed by atoms with van der Waals surface area (Å²) in [7, 11) is 0. The molecule has 1 N–H and O–H groups in total. The highest BCUT2D eigenvalue weighted by Crippen LogP contribution is 2.27. The topological polar surface area (TPSA) is 151 Å². The number of hydrogen-bond donors (Lipinski definition) is 1. The molecule has 0 spiro atoms. The molecule has 0 radical (unpaired) electrons. The van der Waals surface area contributed by atoms with Crippen LogP contribution in [0.5, 0.6) is 0 Å². The molecule has 0 saturated carbocycles. The monoisotopic (exact) mass is 587 g/mol. The molecule has 204 valence electrons. The van der Waals surface area contributed by atoms with Crippen LogP contribution >= 0.6 is 22.9 Å². The number of pyridine rings is 2. The number of ketones is 1. The van der Waals surface area contributed by atoms with Gasteiger partial charge in [-0.3, -0.25) is 23.9 Å². The van der Waals surface area contributed by atoms with E-state index in [1.807, 2.05) is 6.07 Å². The summed E-state index contributed by atoms with van der Waals surface area (Å²) in [4.78, 5) is 45.1. The molecule has 0 atom stereocenters. The van der Waals surface area contributed by atoms with Crippen molar-refractivity contribution >= 4 is 40.4 Å². The molecule has 6 rings (SSSR count). The van der Waals surface area contributed by atoms with Crippen LogP contribution in [0.15, 0.2) is 93.5 Å². The Balaban J connectivity index is 1.46. The minimum atomic E-state index is -0.509. The lowest BCUT2D eigenvalue weighted by Crippen LogP contribution is -2.27. The molecule has 12 nitrogen and oxygen atoms in total. The van der Waals surface area contributed by atoms with Gasteiger partial charge in [0.05, 0.1) is 29.3 Å². The lowest BCUT2D eigenvalue weighted by atomic mass is 10.1. The molecule has 6 aromatic rings. The number of rotatable bonds is 9. The van der Waals surface area contributed by atoms with Gasteiger partial charge in [-0.05, 0) is 42.0 Å². The Morgan fingerprint density at radius 1 is 1.05 bits per heavy atom. The normalized spacial score (nSPS) is 11.0. The third-order valence-electron chi connectivity index (χ3n) is 6.11. The Hall–Kier alpha value is -5.14. The number of nitrogens with zero attached hydrogens (tertiary/aromatic N) is 6. The highest BCUT2D eigenvalue weighted by molar-refractivity contribution is 7.16. The van der Waals surface area contributed by atoms with Crippen LogP contribution < -0.4 is 10.9 Å². The first-order chi connectivity index (χ1) is 20.0. The molecule has 14 heteroatoms. The second-order valence-electron chi connectivity index (χ2n) is 8.67. The largest absolute Gasteiger partial charge is 0.365 e. The molecule has 0 bridgehead atoms. The Labute approximate surface area is 239 Å². The molecule has 0 fully saturated rings. The van der Waals surface area contributed by atoms with Crippen molar-refractivity contribution in [3.8, 4) is 22.5 Å². The fraction of sp³-hybridized carbons (Fsp3) is 0.0741. The molecule has 0 aromatic carbocycles. The van der Waals surface area contributed by atoms with Crippen molar-refractivity contribution in [1.82, 2.24) is 29.6 Å². The molecular weight excluding hydrogens is 570 g/mol.